The van der Waals surface area contributed by atoms with Crippen molar-refractivity contribution in [1.29, 1.82) is 5.26 Å². The quantitative estimate of drug-likeness (QED) is 0.888. The summed E-state index contributed by atoms with van der Waals surface area (Å²) in [7, 11) is -3.51. The smallest absolute Gasteiger partial charge is 0.243 e. The predicted molar refractivity (Wildman–Crippen MR) is 81.4 cm³/mol. The average molecular weight is 328 g/mol. The molecule has 5 nitrogen and oxygen atoms in total. The van der Waals surface area contributed by atoms with E-state index in [1.807, 2.05) is 6.07 Å². The minimum atomic E-state index is -3.51. The number of nitriles is 1. The fourth-order valence-electron chi connectivity index (χ4n) is 3.34. The molecule has 3 unspecified atom stereocenters. The molecule has 0 spiro atoms. The van der Waals surface area contributed by atoms with Crippen molar-refractivity contribution in [2.45, 2.75) is 23.8 Å². The fourth-order valence-corrected chi connectivity index (χ4v) is 4.92. The number of rotatable bonds is 2. The standard InChI is InChI=1S/C14H17N3O2S.ClH/c15-7-10-2-1-3-12(6-10)20(18,19)17-8-11-4-5-14(16)13(11)9-17;/h1-3,6,11,13-14H,4-5,8-9,16H2;1H. The first-order valence-electron chi connectivity index (χ1n) is 6.78. The van der Waals surface area contributed by atoms with E-state index in [2.05, 4.69) is 0 Å². The molecule has 0 radical (unpaired) electrons. The Hall–Kier alpha value is -1.13. The molecule has 1 aliphatic carbocycles. The predicted octanol–water partition coefficient (Wildman–Crippen LogP) is 1.34. The molecule has 1 aromatic carbocycles. The molecule has 1 aromatic rings. The van der Waals surface area contributed by atoms with Gasteiger partial charge in [-0.1, -0.05) is 6.07 Å². The highest BCUT2D eigenvalue weighted by Gasteiger charge is 2.45. The number of fused-ring (bicyclic) bond motifs is 1. The van der Waals surface area contributed by atoms with Crippen molar-refractivity contribution in [3.8, 4) is 6.07 Å². The molecule has 0 bridgehead atoms. The van der Waals surface area contributed by atoms with Crippen molar-refractivity contribution >= 4 is 22.4 Å². The van der Waals surface area contributed by atoms with Crippen LogP contribution in [0.1, 0.15) is 18.4 Å². The largest absolute Gasteiger partial charge is 0.327 e. The van der Waals surface area contributed by atoms with Gasteiger partial charge in [0, 0.05) is 19.1 Å². The third kappa shape index (κ3) is 2.79. The second kappa shape index (κ2) is 5.93. The van der Waals surface area contributed by atoms with E-state index in [-0.39, 0.29) is 29.3 Å². The van der Waals surface area contributed by atoms with Gasteiger partial charge in [-0.15, -0.1) is 12.4 Å². The lowest BCUT2D eigenvalue weighted by atomic mass is 9.98. The van der Waals surface area contributed by atoms with Gasteiger partial charge < -0.3 is 5.73 Å². The number of hydrogen-bond acceptors (Lipinski definition) is 4. The van der Waals surface area contributed by atoms with Crippen LogP contribution >= 0.6 is 12.4 Å². The summed E-state index contributed by atoms with van der Waals surface area (Å²) in [6, 6.07) is 8.28. The van der Waals surface area contributed by atoms with Gasteiger partial charge in [0.15, 0.2) is 0 Å². The van der Waals surface area contributed by atoms with Gasteiger partial charge in [0.25, 0.3) is 0 Å². The van der Waals surface area contributed by atoms with Gasteiger partial charge in [-0.05, 0) is 42.9 Å². The third-order valence-electron chi connectivity index (χ3n) is 4.48. The van der Waals surface area contributed by atoms with Gasteiger partial charge in [-0.3, -0.25) is 0 Å². The van der Waals surface area contributed by atoms with Gasteiger partial charge in [0.2, 0.25) is 10.0 Å². The van der Waals surface area contributed by atoms with Crippen LogP contribution in [-0.2, 0) is 10.0 Å². The Kier molecular flexibility index (Phi) is 4.59. The summed E-state index contributed by atoms with van der Waals surface area (Å²) < 4.78 is 26.8. The number of benzene rings is 1. The molecule has 1 saturated heterocycles. The summed E-state index contributed by atoms with van der Waals surface area (Å²) in [6.07, 6.45) is 2.00. The molecule has 7 heteroatoms. The Labute approximate surface area is 131 Å². The van der Waals surface area contributed by atoms with Crippen molar-refractivity contribution < 1.29 is 8.42 Å². The third-order valence-corrected chi connectivity index (χ3v) is 6.31. The molecule has 2 aliphatic rings. The van der Waals surface area contributed by atoms with Crippen molar-refractivity contribution in [1.82, 2.24) is 4.31 Å². The van der Waals surface area contributed by atoms with E-state index < -0.39 is 10.0 Å². The second-order valence-corrected chi connectivity index (χ2v) is 7.56. The monoisotopic (exact) mass is 327 g/mol. The highest BCUT2D eigenvalue weighted by atomic mass is 35.5. The van der Waals surface area contributed by atoms with Gasteiger partial charge >= 0.3 is 0 Å². The maximum Gasteiger partial charge on any atom is 0.243 e. The number of sulfonamides is 1. The lowest BCUT2D eigenvalue weighted by Gasteiger charge is -2.18. The molecule has 1 heterocycles. The first-order chi connectivity index (χ1) is 9.52. The Balaban J connectivity index is 0.00000161. The summed E-state index contributed by atoms with van der Waals surface area (Å²) >= 11 is 0. The van der Waals surface area contributed by atoms with E-state index in [9.17, 15) is 8.42 Å². The van der Waals surface area contributed by atoms with Gasteiger partial charge in [0.05, 0.1) is 16.5 Å². The molecular formula is C14H18ClN3O2S. The SMILES string of the molecule is Cl.N#Cc1cccc(S(=O)(=O)N2CC3CCC(N)C3C2)c1. The van der Waals surface area contributed by atoms with Crippen LogP contribution in [0.25, 0.3) is 0 Å². The number of nitrogens with zero attached hydrogens (tertiary/aromatic N) is 2. The second-order valence-electron chi connectivity index (χ2n) is 5.63. The molecule has 2 N–H and O–H groups in total. The van der Waals surface area contributed by atoms with Crippen LogP contribution in [0.5, 0.6) is 0 Å². The lowest BCUT2D eigenvalue weighted by Crippen LogP contribution is -2.33. The highest BCUT2D eigenvalue weighted by molar-refractivity contribution is 7.89. The number of hydrogen-bond donors (Lipinski definition) is 1. The summed E-state index contributed by atoms with van der Waals surface area (Å²) in [5.41, 5.74) is 6.41. The maximum absolute atomic E-state index is 12.6. The first-order valence-corrected chi connectivity index (χ1v) is 8.22. The fraction of sp³-hybridized carbons (Fsp3) is 0.500. The topological polar surface area (TPSA) is 87.2 Å². The van der Waals surface area contributed by atoms with E-state index in [1.165, 1.54) is 10.4 Å². The van der Waals surface area contributed by atoms with E-state index in [0.717, 1.165) is 12.8 Å². The minimum Gasteiger partial charge on any atom is -0.327 e. The van der Waals surface area contributed by atoms with E-state index in [0.29, 0.717) is 24.6 Å². The summed E-state index contributed by atoms with van der Waals surface area (Å²) in [4.78, 5) is 0.199. The Morgan fingerprint density at radius 1 is 1.29 bits per heavy atom. The van der Waals surface area contributed by atoms with Crippen LogP contribution < -0.4 is 5.73 Å². The molecule has 0 aromatic heterocycles. The maximum atomic E-state index is 12.6. The van der Waals surface area contributed by atoms with Crippen LogP contribution in [0.2, 0.25) is 0 Å². The van der Waals surface area contributed by atoms with Crippen LogP contribution in [0.15, 0.2) is 29.2 Å². The summed E-state index contributed by atoms with van der Waals surface area (Å²) in [5, 5.41) is 8.88. The summed E-state index contributed by atoms with van der Waals surface area (Å²) in [6.45, 7) is 1.06. The zero-order chi connectivity index (χ0) is 14.3. The van der Waals surface area contributed by atoms with Crippen molar-refractivity contribution in [3.63, 3.8) is 0 Å². The normalized spacial score (nSPS) is 28.7. The minimum absolute atomic E-state index is 0. The first kappa shape index (κ1) is 16.2. The zero-order valence-electron chi connectivity index (χ0n) is 11.5. The van der Waals surface area contributed by atoms with E-state index in [4.69, 9.17) is 11.0 Å². The van der Waals surface area contributed by atoms with Crippen molar-refractivity contribution in [3.05, 3.63) is 29.8 Å². The molecule has 1 aliphatic heterocycles. The Bertz CT molecular complexity index is 671. The molecular weight excluding hydrogens is 310 g/mol. The lowest BCUT2D eigenvalue weighted by molar-refractivity contribution is 0.427. The highest BCUT2D eigenvalue weighted by Crippen LogP contribution is 2.39. The van der Waals surface area contributed by atoms with Crippen molar-refractivity contribution in [2.24, 2.45) is 17.6 Å². The van der Waals surface area contributed by atoms with Gasteiger partial charge in [-0.2, -0.15) is 9.57 Å². The molecule has 3 atom stereocenters. The average Bonchev–Trinajstić information content (AvgIpc) is 3.02. The summed E-state index contributed by atoms with van der Waals surface area (Å²) in [5.74, 6) is 0.669. The number of nitrogens with two attached hydrogens (primary N) is 1. The number of halogens is 1. The van der Waals surface area contributed by atoms with Crippen LogP contribution in [0.3, 0.4) is 0 Å². The Morgan fingerprint density at radius 2 is 2.05 bits per heavy atom. The Morgan fingerprint density at radius 3 is 2.71 bits per heavy atom. The molecule has 114 valence electrons. The zero-order valence-corrected chi connectivity index (χ0v) is 13.1. The molecule has 1 saturated carbocycles. The molecule has 21 heavy (non-hydrogen) atoms. The van der Waals surface area contributed by atoms with Gasteiger partial charge in [0.1, 0.15) is 0 Å². The van der Waals surface area contributed by atoms with E-state index >= 15 is 0 Å². The molecule has 0 amide bonds. The van der Waals surface area contributed by atoms with E-state index in [1.54, 1.807) is 18.2 Å². The van der Waals surface area contributed by atoms with Crippen LogP contribution in [0, 0.1) is 23.2 Å². The molecule has 3 rings (SSSR count). The van der Waals surface area contributed by atoms with Crippen molar-refractivity contribution in [2.75, 3.05) is 13.1 Å². The van der Waals surface area contributed by atoms with Gasteiger partial charge in [-0.25, -0.2) is 8.42 Å². The molecule has 2 fully saturated rings. The van der Waals surface area contributed by atoms with Crippen LogP contribution in [0.4, 0.5) is 0 Å². The van der Waals surface area contributed by atoms with Crippen LogP contribution in [-0.4, -0.2) is 31.9 Å².